The normalized spacial score (nSPS) is 11.6. The molecule has 3 aromatic carbocycles. The maximum absolute atomic E-state index is 13.6. The highest BCUT2D eigenvalue weighted by Crippen LogP contribution is 2.19. The number of carbonyl (C=O) groups excluding carboxylic acids is 2. The van der Waals surface area contributed by atoms with Crippen molar-refractivity contribution in [2.75, 3.05) is 20.3 Å². The lowest BCUT2D eigenvalue weighted by atomic mass is 10.0. The second kappa shape index (κ2) is 13.3. The van der Waals surface area contributed by atoms with Gasteiger partial charge in [0.05, 0.1) is 7.11 Å². The summed E-state index contributed by atoms with van der Waals surface area (Å²) >= 11 is 0. The fourth-order valence-electron chi connectivity index (χ4n) is 3.88. The van der Waals surface area contributed by atoms with E-state index in [9.17, 15) is 9.59 Å². The number of carbonyl (C=O) groups is 2. The Morgan fingerprint density at radius 3 is 2.28 bits per heavy atom. The standard InChI is InChI=1S/C30H36N2O4/c1-22(2)19-31-30(34)28(18-24-11-6-5-7-12-24)32(20-25-13-9-14-26(17-25)35-4)29(33)21-36-27-15-8-10-23(3)16-27/h5-17,22,28H,18-21H2,1-4H3,(H,31,34)/t28-/m0/s1. The summed E-state index contributed by atoms with van der Waals surface area (Å²) in [6.45, 7) is 6.67. The maximum atomic E-state index is 13.6. The van der Waals surface area contributed by atoms with Crippen molar-refractivity contribution in [1.82, 2.24) is 10.2 Å². The number of hydrogen-bond donors (Lipinski definition) is 1. The van der Waals surface area contributed by atoms with E-state index in [4.69, 9.17) is 9.47 Å². The molecular formula is C30H36N2O4. The number of aryl methyl sites for hydroxylation is 1. The van der Waals surface area contributed by atoms with Crippen LogP contribution in [0.25, 0.3) is 0 Å². The fraction of sp³-hybridized carbons (Fsp3) is 0.333. The zero-order valence-electron chi connectivity index (χ0n) is 21.6. The number of ether oxygens (including phenoxy) is 2. The molecule has 0 fully saturated rings. The summed E-state index contributed by atoms with van der Waals surface area (Å²) in [7, 11) is 1.61. The molecule has 0 aliphatic carbocycles. The van der Waals surface area contributed by atoms with Crippen LogP contribution in [0.3, 0.4) is 0 Å². The van der Waals surface area contributed by atoms with Crippen LogP contribution in [0.5, 0.6) is 11.5 Å². The summed E-state index contributed by atoms with van der Waals surface area (Å²) in [5, 5.41) is 3.03. The first kappa shape index (κ1) is 26.8. The Balaban J connectivity index is 1.91. The van der Waals surface area contributed by atoms with Crippen molar-refractivity contribution < 1.29 is 19.1 Å². The SMILES string of the molecule is COc1cccc(CN(C(=O)COc2cccc(C)c2)[C@@H](Cc2ccccc2)C(=O)NCC(C)C)c1. The van der Waals surface area contributed by atoms with Crippen molar-refractivity contribution in [3.63, 3.8) is 0 Å². The van der Waals surface area contributed by atoms with Crippen LogP contribution in [0.2, 0.25) is 0 Å². The van der Waals surface area contributed by atoms with E-state index >= 15 is 0 Å². The lowest BCUT2D eigenvalue weighted by Crippen LogP contribution is -2.52. The molecule has 0 aliphatic heterocycles. The third-order valence-electron chi connectivity index (χ3n) is 5.79. The molecule has 0 saturated heterocycles. The molecule has 1 N–H and O–H groups in total. The van der Waals surface area contributed by atoms with E-state index in [1.54, 1.807) is 12.0 Å². The average Bonchev–Trinajstić information content (AvgIpc) is 2.88. The van der Waals surface area contributed by atoms with Gasteiger partial charge in [-0.3, -0.25) is 9.59 Å². The second-order valence-corrected chi connectivity index (χ2v) is 9.32. The zero-order valence-corrected chi connectivity index (χ0v) is 21.6. The van der Waals surface area contributed by atoms with Crippen molar-refractivity contribution in [2.45, 2.75) is 39.8 Å². The molecule has 0 bridgehead atoms. The Hall–Kier alpha value is -3.80. The molecule has 2 amide bonds. The number of nitrogens with zero attached hydrogens (tertiary/aromatic N) is 1. The number of methoxy groups -OCH3 is 1. The van der Waals surface area contributed by atoms with Gasteiger partial charge in [-0.15, -0.1) is 0 Å². The Kier molecular flexibility index (Phi) is 9.92. The monoisotopic (exact) mass is 488 g/mol. The minimum atomic E-state index is -0.703. The van der Waals surface area contributed by atoms with Gasteiger partial charge in [0.15, 0.2) is 6.61 Å². The zero-order chi connectivity index (χ0) is 25.9. The number of hydrogen-bond acceptors (Lipinski definition) is 4. The van der Waals surface area contributed by atoms with Crippen molar-refractivity contribution in [3.05, 3.63) is 95.6 Å². The van der Waals surface area contributed by atoms with Gasteiger partial charge >= 0.3 is 0 Å². The summed E-state index contributed by atoms with van der Waals surface area (Å²) < 4.78 is 11.2. The van der Waals surface area contributed by atoms with E-state index in [0.29, 0.717) is 30.4 Å². The minimum Gasteiger partial charge on any atom is -0.497 e. The van der Waals surface area contributed by atoms with Gasteiger partial charge in [-0.05, 0) is 53.8 Å². The fourth-order valence-corrected chi connectivity index (χ4v) is 3.88. The topological polar surface area (TPSA) is 67.9 Å². The molecule has 3 aromatic rings. The predicted octanol–water partition coefficient (Wildman–Crippen LogP) is 4.79. The van der Waals surface area contributed by atoms with E-state index in [0.717, 1.165) is 16.7 Å². The smallest absolute Gasteiger partial charge is 0.261 e. The van der Waals surface area contributed by atoms with Crippen molar-refractivity contribution in [1.29, 1.82) is 0 Å². The molecule has 6 heteroatoms. The molecule has 0 aromatic heterocycles. The Bertz CT molecular complexity index is 1130. The first-order valence-electron chi connectivity index (χ1n) is 12.3. The lowest BCUT2D eigenvalue weighted by Gasteiger charge is -2.31. The minimum absolute atomic E-state index is 0.170. The van der Waals surface area contributed by atoms with Crippen LogP contribution in [0, 0.1) is 12.8 Å². The van der Waals surface area contributed by atoms with Crippen LogP contribution >= 0.6 is 0 Å². The van der Waals surface area contributed by atoms with E-state index in [-0.39, 0.29) is 25.0 Å². The summed E-state index contributed by atoms with van der Waals surface area (Å²) in [5.41, 5.74) is 2.89. The van der Waals surface area contributed by atoms with Gasteiger partial charge in [0.2, 0.25) is 5.91 Å². The summed E-state index contributed by atoms with van der Waals surface area (Å²) in [6.07, 6.45) is 0.394. The van der Waals surface area contributed by atoms with E-state index < -0.39 is 6.04 Å². The predicted molar refractivity (Wildman–Crippen MR) is 142 cm³/mol. The largest absolute Gasteiger partial charge is 0.497 e. The van der Waals surface area contributed by atoms with Crippen LogP contribution in [0.4, 0.5) is 0 Å². The molecule has 190 valence electrons. The van der Waals surface area contributed by atoms with Gasteiger partial charge < -0.3 is 19.7 Å². The summed E-state index contributed by atoms with van der Waals surface area (Å²) in [4.78, 5) is 28.7. The second-order valence-electron chi connectivity index (χ2n) is 9.32. The molecule has 0 unspecified atom stereocenters. The van der Waals surface area contributed by atoms with Crippen LogP contribution in [-0.2, 0) is 22.6 Å². The highest BCUT2D eigenvalue weighted by atomic mass is 16.5. The molecule has 0 saturated carbocycles. The molecule has 1 atom stereocenters. The molecule has 36 heavy (non-hydrogen) atoms. The van der Waals surface area contributed by atoms with Crippen LogP contribution < -0.4 is 14.8 Å². The van der Waals surface area contributed by atoms with Gasteiger partial charge in [-0.25, -0.2) is 0 Å². The quantitative estimate of drug-likeness (QED) is 0.398. The van der Waals surface area contributed by atoms with E-state index in [1.807, 2.05) is 99.6 Å². The molecule has 0 spiro atoms. The average molecular weight is 489 g/mol. The van der Waals surface area contributed by atoms with Crippen molar-refractivity contribution in [2.24, 2.45) is 5.92 Å². The molecule has 0 heterocycles. The van der Waals surface area contributed by atoms with Gasteiger partial charge in [0.25, 0.3) is 5.91 Å². The maximum Gasteiger partial charge on any atom is 0.261 e. The highest BCUT2D eigenvalue weighted by molar-refractivity contribution is 5.88. The first-order chi connectivity index (χ1) is 17.4. The number of rotatable bonds is 12. The van der Waals surface area contributed by atoms with Gasteiger partial charge in [-0.1, -0.05) is 68.4 Å². The van der Waals surface area contributed by atoms with E-state index in [2.05, 4.69) is 5.32 Å². The lowest BCUT2D eigenvalue weighted by molar-refractivity contribution is -0.142. The third-order valence-corrected chi connectivity index (χ3v) is 5.79. The van der Waals surface area contributed by atoms with Crippen LogP contribution in [0.1, 0.15) is 30.5 Å². The van der Waals surface area contributed by atoms with Gasteiger partial charge in [0, 0.05) is 19.5 Å². The van der Waals surface area contributed by atoms with E-state index in [1.165, 1.54) is 0 Å². The molecule has 0 aliphatic rings. The van der Waals surface area contributed by atoms with Gasteiger partial charge in [0.1, 0.15) is 17.5 Å². The molecule has 3 rings (SSSR count). The van der Waals surface area contributed by atoms with Gasteiger partial charge in [-0.2, -0.15) is 0 Å². The highest BCUT2D eigenvalue weighted by Gasteiger charge is 2.30. The summed E-state index contributed by atoms with van der Waals surface area (Å²) in [5.74, 6) is 1.16. The Morgan fingerprint density at radius 1 is 0.889 bits per heavy atom. The van der Waals surface area contributed by atoms with Crippen molar-refractivity contribution in [3.8, 4) is 11.5 Å². The van der Waals surface area contributed by atoms with Crippen LogP contribution in [0.15, 0.2) is 78.9 Å². The third kappa shape index (κ3) is 8.15. The Labute approximate surface area is 214 Å². The Morgan fingerprint density at radius 2 is 1.58 bits per heavy atom. The number of amides is 2. The molecule has 6 nitrogen and oxygen atoms in total. The number of benzene rings is 3. The molecular weight excluding hydrogens is 452 g/mol. The van der Waals surface area contributed by atoms with Crippen molar-refractivity contribution >= 4 is 11.8 Å². The molecule has 0 radical (unpaired) electrons. The number of nitrogens with one attached hydrogen (secondary N) is 1. The first-order valence-corrected chi connectivity index (χ1v) is 12.3. The van der Waals surface area contributed by atoms with Crippen LogP contribution in [-0.4, -0.2) is 43.0 Å². The summed E-state index contributed by atoms with van der Waals surface area (Å²) in [6, 6.07) is 24.2.